The smallest absolute Gasteiger partial charge is 0.0724 e. The second-order valence-corrected chi connectivity index (χ2v) is 8.43. The third kappa shape index (κ3) is 7.09. The van der Waals surface area contributed by atoms with Crippen molar-refractivity contribution in [3.8, 4) is 0 Å². The fraction of sp³-hybridized carbons (Fsp3) is 0.615. The van der Waals surface area contributed by atoms with Crippen LogP contribution in [0.2, 0.25) is 0 Å². The molecule has 2 N–H and O–H groups in total. The van der Waals surface area contributed by atoms with Crippen molar-refractivity contribution in [1.29, 1.82) is 0 Å². The molecule has 2 aliphatic rings. The van der Waals surface area contributed by atoms with Crippen LogP contribution in [0.1, 0.15) is 63.5 Å². The van der Waals surface area contributed by atoms with Gasteiger partial charge in [0.1, 0.15) is 0 Å². The van der Waals surface area contributed by atoms with Gasteiger partial charge < -0.3 is 14.9 Å². The van der Waals surface area contributed by atoms with Gasteiger partial charge in [-0.15, -0.1) is 0 Å². The lowest BCUT2D eigenvalue weighted by molar-refractivity contribution is 0.0899. The number of hydrogen-bond acceptors (Lipinski definition) is 3. The fourth-order valence-corrected chi connectivity index (χ4v) is 4.55. The van der Waals surface area contributed by atoms with Crippen LogP contribution in [0.15, 0.2) is 48.6 Å². The zero-order valence-electron chi connectivity index (χ0n) is 17.2. The van der Waals surface area contributed by atoms with E-state index >= 15 is 0 Å². The summed E-state index contributed by atoms with van der Waals surface area (Å²) >= 11 is 0. The molecule has 2 aliphatic heterocycles. The van der Waals surface area contributed by atoms with Crippen molar-refractivity contribution >= 4 is 0 Å². The maximum absolute atomic E-state index is 10.4. The number of benzene rings is 1. The van der Waals surface area contributed by atoms with E-state index in [-0.39, 0.29) is 14.0 Å². The van der Waals surface area contributed by atoms with Gasteiger partial charge in [-0.3, -0.25) is 0 Å². The summed E-state index contributed by atoms with van der Waals surface area (Å²) in [6.45, 7) is 2.38. The molecular formula is C26H40O3. The minimum atomic E-state index is -0.393. The van der Waals surface area contributed by atoms with Crippen molar-refractivity contribution in [3.05, 3.63) is 59.7 Å². The van der Waals surface area contributed by atoms with Crippen molar-refractivity contribution < 1.29 is 14.9 Å². The second-order valence-electron chi connectivity index (χ2n) is 8.43. The molecule has 0 amide bonds. The average molecular weight is 401 g/mol. The molecule has 29 heavy (non-hydrogen) atoms. The number of aliphatic hydroxyl groups excluding tert-OH is 2. The van der Waals surface area contributed by atoms with Crippen molar-refractivity contribution in [1.82, 2.24) is 0 Å². The second kappa shape index (κ2) is 12.3. The molecule has 1 unspecified atom stereocenters. The minimum Gasteiger partial charge on any atom is -0.396 e. The van der Waals surface area contributed by atoms with Crippen LogP contribution in [-0.4, -0.2) is 35.1 Å². The van der Waals surface area contributed by atoms with Crippen molar-refractivity contribution in [2.24, 2.45) is 11.8 Å². The van der Waals surface area contributed by atoms with Gasteiger partial charge in [0.05, 0.1) is 18.3 Å². The first-order chi connectivity index (χ1) is 13.7. The summed E-state index contributed by atoms with van der Waals surface area (Å²) in [4.78, 5) is 0. The lowest BCUT2D eigenvalue weighted by Gasteiger charge is -2.25. The number of rotatable bonds is 11. The third-order valence-electron chi connectivity index (χ3n) is 6.25. The van der Waals surface area contributed by atoms with E-state index in [0.29, 0.717) is 24.0 Å². The molecule has 3 heteroatoms. The zero-order valence-corrected chi connectivity index (χ0v) is 17.2. The number of ether oxygens (including phenoxy) is 1. The molecule has 0 aliphatic carbocycles. The first-order valence-electron chi connectivity index (χ1n) is 11.0. The van der Waals surface area contributed by atoms with E-state index in [1.54, 1.807) is 0 Å². The van der Waals surface area contributed by atoms with Gasteiger partial charge in [0, 0.05) is 12.5 Å². The fourth-order valence-electron chi connectivity index (χ4n) is 4.55. The van der Waals surface area contributed by atoms with Crippen molar-refractivity contribution in [2.75, 3.05) is 6.61 Å². The Morgan fingerprint density at radius 2 is 1.86 bits per heavy atom. The molecular weight excluding hydrogens is 360 g/mol. The normalized spacial score (nSPS) is 27.0. The summed E-state index contributed by atoms with van der Waals surface area (Å²) in [6.07, 6.45) is 17.1. The van der Waals surface area contributed by atoms with E-state index in [1.165, 1.54) is 17.5 Å². The van der Waals surface area contributed by atoms with Crippen LogP contribution in [0.4, 0.5) is 0 Å². The van der Waals surface area contributed by atoms with Gasteiger partial charge in [-0.05, 0) is 69.8 Å². The minimum absolute atomic E-state index is 0. The molecule has 3 rings (SSSR count). The highest BCUT2D eigenvalue weighted by Gasteiger charge is 2.46. The Kier molecular flexibility index (Phi) is 10.1. The molecule has 1 aromatic carbocycles. The number of aryl methyl sites for hydroxylation is 2. The molecule has 162 valence electrons. The molecule has 2 saturated heterocycles. The lowest BCUT2D eigenvalue weighted by atomic mass is 9.77. The highest BCUT2D eigenvalue weighted by atomic mass is 16.5. The van der Waals surface area contributed by atoms with Crippen LogP contribution in [-0.2, 0) is 11.2 Å². The van der Waals surface area contributed by atoms with E-state index < -0.39 is 6.10 Å². The molecule has 0 radical (unpaired) electrons. The van der Waals surface area contributed by atoms with Gasteiger partial charge in [-0.1, -0.05) is 61.6 Å². The Balaban J connectivity index is 0.00000300. The van der Waals surface area contributed by atoms with Gasteiger partial charge in [-0.2, -0.15) is 0 Å². The summed E-state index contributed by atoms with van der Waals surface area (Å²) in [5.41, 5.74) is 2.56. The Morgan fingerprint density at radius 1 is 1.10 bits per heavy atom. The maximum atomic E-state index is 10.4. The van der Waals surface area contributed by atoms with Gasteiger partial charge in [0.2, 0.25) is 0 Å². The van der Waals surface area contributed by atoms with Crippen LogP contribution in [0, 0.1) is 18.8 Å². The number of allylic oxidation sites excluding steroid dienone is 2. The summed E-state index contributed by atoms with van der Waals surface area (Å²) < 4.78 is 6.17. The molecule has 2 heterocycles. The van der Waals surface area contributed by atoms with Gasteiger partial charge in [-0.25, -0.2) is 0 Å². The predicted molar refractivity (Wildman–Crippen MR) is 121 cm³/mol. The summed E-state index contributed by atoms with van der Waals surface area (Å²) in [6, 6.07) is 8.56. The SMILES string of the molecule is C.Cc1ccc(CC[C@@H](O)/C=C/C2[C@@H](C/C=C\CCCCO)[C@H]3CC[C@H]2O3)cc1. The van der Waals surface area contributed by atoms with Gasteiger partial charge in [0.25, 0.3) is 0 Å². The Bertz CT molecular complexity index is 634. The standard InChI is InChI=1S/C25H36O3.CH4/c1-19-8-10-20(11-9-19)12-13-21(27)14-15-23-22(24-16-17-25(23)28-24)7-5-3-2-4-6-18-26;/h3,5,8-11,14-15,21-27H,2,4,6-7,12-13,16-18H2,1H3;1H4/b5-3-,15-14+;/t21-,22-,23?,24-,25-;/m1./s1. The average Bonchev–Trinajstić information content (AvgIpc) is 3.30. The molecule has 3 nitrogen and oxygen atoms in total. The number of fused-ring (bicyclic) bond motifs is 2. The maximum Gasteiger partial charge on any atom is 0.0724 e. The first-order valence-corrected chi connectivity index (χ1v) is 11.0. The molecule has 5 atom stereocenters. The highest BCUT2D eigenvalue weighted by molar-refractivity contribution is 5.21. The quantitative estimate of drug-likeness (QED) is 0.387. The number of unbranched alkanes of at least 4 members (excludes halogenated alkanes) is 2. The first kappa shape index (κ1) is 23.9. The summed E-state index contributed by atoms with van der Waals surface area (Å²) in [5, 5.41) is 19.3. The Hall–Kier alpha value is -1.42. The largest absolute Gasteiger partial charge is 0.396 e. The van der Waals surface area contributed by atoms with Crippen LogP contribution < -0.4 is 0 Å². The predicted octanol–water partition coefficient (Wildman–Crippen LogP) is 5.38. The van der Waals surface area contributed by atoms with E-state index in [2.05, 4.69) is 49.4 Å². The van der Waals surface area contributed by atoms with E-state index in [1.807, 2.05) is 6.08 Å². The van der Waals surface area contributed by atoms with Gasteiger partial charge in [0.15, 0.2) is 0 Å². The molecule has 0 aromatic heterocycles. The van der Waals surface area contributed by atoms with Crippen LogP contribution >= 0.6 is 0 Å². The number of hydrogen-bond donors (Lipinski definition) is 2. The lowest BCUT2D eigenvalue weighted by Crippen LogP contribution is -2.25. The highest BCUT2D eigenvalue weighted by Crippen LogP contribution is 2.45. The monoisotopic (exact) mass is 400 g/mol. The van der Waals surface area contributed by atoms with Crippen LogP contribution in [0.3, 0.4) is 0 Å². The Labute approximate surface area is 177 Å². The van der Waals surface area contributed by atoms with Crippen molar-refractivity contribution in [2.45, 2.75) is 84.0 Å². The van der Waals surface area contributed by atoms with Crippen LogP contribution in [0.25, 0.3) is 0 Å². The molecule has 1 aromatic rings. The molecule has 2 bridgehead atoms. The van der Waals surface area contributed by atoms with Gasteiger partial charge >= 0.3 is 0 Å². The van der Waals surface area contributed by atoms with Crippen LogP contribution in [0.5, 0.6) is 0 Å². The van der Waals surface area contributed by atoms with E-state index in [0.717, 1.165) is 44.9 Å². The third-order valence-corrected chi connectivity index (χ3v) is 6.25. The summed E-state index contributed by atoms with van der Waals surface area (Å²) in [7, 11) is 0. The van der Waals surface area contributed by atoms with E-state index in [9.17, 15) is 5.11 Å². The van der Waals surface area contributed by atoms with Crippen molar-refractivity contribution in [3.63, 3.8) is 0 Å². The van der Waals surface area contributed by atoms with E-state index in [4.69, 9.17) is 9.84 Å². The number of aliphatic hydroxyl groups is 2. The Morgan fingerprint density at radius 3 is 2.62 bits per heavy atom. The zero-order chi connectivity index (χ0) is 19.8. The molecule has 0 saturated carbocycles. The topological polar surface area (TPSA) is 49.7 Å². The molecule has 2 fully saturated rings. The molecule has 0 spiro atoms. The summed E-state index contributed by atoms with van der Waals surface area (Å²) in [5.74, 6) is 0.961.